The first-order valence-electron chi connectivity index (χ1n) is 6.84. The number of β-amino-alcohol motifs (C(OH)–C–C–N with tert-alkyl or cyclic N) is 1. The van der Waals surface area contributed by atoms with Crippen LogP contribution in [-0.2, 0) is 6.54 Å². The van der Waals surface area contributed by atoms with E-state index in [9.17, 15) is 5.11 Å². The van der Waals surface area contributed by atoms with Crippen molar-refractivity contribution in [2.45, 2.75) is 25.1 Å². The summed E-state index contributed by atoms with van der Waals surface area (Å²) in [6.07, 6.45) is 2.14. The first kappa shape index (κ1) is 13.2. The van der Waals surface area contributed by atoms with Crippen molar-refractivity contribution in [1.82, 2.24) is 4.90 Å². The number of nitrogens with zero attached hydrogens (tertiary/aromatic N) is 1. The van der Waals surface area contributed by atoms with Crippen molar-refractivity contribution >= 4 is 0 Å². The molecule has 0 bridgehead atoms. The van der Waals surface area contributed by atoms with Crippen LogP contribution < -0.4 is 4.74 Å². The number of ether oxygens (including phenoxy) is 1. The molecule has 1 aromatic heterocycles. The van der Waals surface area contributed by atoms with Gasteiger partial charge in [-0.25, -0.2) is 0 Å². The topological polar surface area (TPSA) is 45.8 Å². The van der Waals surface area contributed by atoms with Crippen LogP contribution in [0, 0.1) is 0 Å². The molecule has 3 rings (SSSR count). The maximum atomic E-state index is 9.98. The fraction of sp³-hybridized carbons (Fsp3) is 0.375. The molecule has 1 aliphatic rings. The van der Waals surface area contributed by atoms with Crippen LogP contribution in [-0.4, -0.2) is 29.8 Å². The Labute approximate surface area is 118 Å². The minimum atomic E-state index is -0.291. The van der Waals surface area contributed by atoms with Crippen molar-refractivity contribution in [3.8, 4) is 5.75 Å². The Bertz CT molecular complexity index is 553. The van der Waals surface area contributed by atoms with E-state index in [0.29, 0.717) is 13.1 Å². The van der Waals surface area contributed by atoms with Crippen LogP contribution in [0.15, 0.2) is 47.1 Å². The summed E-state index contributed by atoms with van der Waals surface area (Å²) >= 11 is 0. The summed E-state index contributed by atoms with van der Waals surface area (Å²) in [4.78, 5) is 2.25. The lowest BCUT2D eigenvalue weighted by atomic mass is 10.0. The fourth-order valence-corrected chi connectivity index (χ4v) is 2.85. The molecule has 20 heavy (non-hydrogen) atoms. The molecule has 2 aromatic rings. The zero-order chi connectivity index (χ0) is 13.9. The molecule has 4 nitrogen and oxygen atoms in total. The number of likely N-dealkylation sites (tertiary alicyclic amines) is 1. The molecule has 1 fully saturated rings. The molecular weight excluding hydrogens is 254 g/mol. The molecule has 0 radical (unpaired) electrons. The summed E-state index contributed by atoms with van der Waals surface area (Å²) in [5, 5.41) is 9.98. The third-order valence-electron chi connectivity index (χ3n) is 3.80. The molecule has 1 aromatic carbocycles. The van der Waals surface area contributed by atoms with Gasteiger partial charge in [0.1, 0.15) is 11.5 Å². The third kappa shape index (κ3) is 2.71. The van der Waals surface area contributed by atoms with Gasteiger partial charge in [-0.2, -0.15) is 0 Å². The second-order valence-electron chi connectivity index (χ2n) is 5.19. The van der Waals surface area contributed by atoms with E-state index in [1.807, 2.05) is 30.3 Å². The normalized spacial score (nSPS) is 23.1. The highest BCUT2D eigenvalue weighted by molar-refractivity contribution is 5.31. The summed E-state index contributed by atoms with van der Waals surface area (Å²) in [5.41, 5.74) is 1.17. The second-order valence-corrected chi connectivity index (χ2v) is 5.19. The number of rotatable bonds is 4. The highest BCUT2D eigenvalue weighted by Crippen LogP contribution is 2.34. The van der Waals surface area contributed by atoms with Gasteiger partial charge in [-0.15, -0.1) is 0 Å². The molecule has 1 aliphatic heterocycles. The quantitative estimate of drug-likeness (QED) is 0.930. The molecule has 0 saturated carbocycles. The largest absolute Gasteiger partial charge is 0.497 e. The van der Waals surface area contributed by atoms with Gasteiger partial charge in [0, 0.05) is 12.6 Å². The summed E-state index contributed by atoms with van der Waals surface area (Å²) in [7, 11) is 1.67. The number of methoxy groups -OCH3 is 1. The van der Waals surface area contributed by atoms with Gasteiger partial charge in [0.25, 0.3) is 0 Å². The van der Waals surface area contributed by atoms with Gasteiger partial charge in [0.2, 0.25) is 0 Å². The highest BCUT2D eigenvalue weighted by Gasteiger charge is 2.32. The van der Waals surface area contributed by atoms with E-state index in [4.69, 9.17) is 9.15 Å². The Morgan fingerprint density at radius 3 is 3.00 bits per heavy atom. The van der Waals surface area contributed by atoms with Crippen LogP contribution in [0.3, 0.4) is 0 Å². The minimum Gasteiger partial charge on any atom is -0.497 e. The fourth-order valence-electron chi connectivity index (χ4n) is 2.85. The Morgan fingerprint density at radius 1 is 1.35 bits per heavy atom. The van der Waals surface area contributed by atoms with Crippen LogP contribution in [0.5, 0.6) is 5.75 Å². The lowest BCUT2D eigenvalue weighted by molar-refractivity contribution is 0.168. The average Bonchev–Trinajstić information content (AvgIpc) is 3.09. The van der Waals surface area contributed by atoms with Crippen LogP contribution in [0.1, 0.15) is 23.8 Å². The monoisotopic (exact) mass is 273 g/mol. The van der Waals surface area contributed by atoms with Gasteiger partial charge in [0.15, 0.2) is 0 Å². The van der Waals surface area contributed by atoms with E-state index < -0.39 is 0 Å². The Hall–Kier alpha value is -1.78. The minimum absolute atomic E-state index is 0.199. The molecule has 2 atom stereocenters. The number of benzene rings is 1. The number of hydrogen-bond acceptors (Lipinski definition) is 4. The maximum Gasteiger partial charge on any atom is 0.119 e. The van der Waals surface area contributed by atoms with Crippen molar-refractivity contribution in [3.05, 3.63) is 54.0 Å². The lowest BCUT2D eigenvalue weighted by Crippen LogP contribution is -2.24. The lowest BCUT2D eigenvalue weighted by Gasteiger charge is -2.23. The van der Waals surface area contributed by atoms with E-state index in [0.717, 1.165) is 17.9 Å². The molecule has 106 valence electrons. The molecular formula is C16H19NO3. The summed E-state index contributed by atoms with van der Waals surface area (Å²) in [5.74, 6) is 1.77. The first-order chi connectivity index (χ1) is 9.76. The van der Waals surface area contributed by atoms with Gasteiger partial charge in [-0.05, 0) is 36.2 Å². The number of hydrogen-bond donors (Lipinski definition) is 1. The molecule has 2 unspecified atom stereocenters. The van der Waals surface area contributed by atoms with Gasteiger partial charge >= 0.3 is 0 Å². The smallest absolute Gasteiger partial charge is 0.119 e. The van der Waals surface area contributed by atoms with E-state index in [1.54, 1.807) is 13.4 Å². The van der Waals surface area contributed by atoms with E-state index in [2.05, 4.69) is 11.0 Å². The maximum absolute atomic E-state index is 9.98. The molecule has 0 aliphatic carbocycles. The van der Waals surface area contributed by atoms with Crippen LogP contribution in [0.2, 0.25) is 0 Å². The standard InChI is InChI=1S/C16H19NO3/c1-19-14-5-2-4-12(8-14)16-9-13(18)10-17(16)11-15-6-3-7-20-15/h2-8,13,16,18H,9-11H2,1H3. The highest BCUT2D eigenvalue weighted by atomic mass is 16.5. The molecule has 1 saturated heterocycles. The Morgan fingerprint density at radius 2 is 2.25 bits per heavy atom. The zero-order valence-electron chi connectivity index (χ0n) is 11.5. The Kier molecular flexibility index (Phi) is 3.76. The SMILES string of the molecule is COc1cccc(C2CC(O)CN2Cc2ccco2)c1. The van der Waals surface area contributed by atoms with Gasteiger partial charge in [-0.3, -0.25) is 4.90 Å². The third-order valence-corrected chi connectivity index (χ3v) is 3.80. The first-order valence-corrected chi connectivity index (χ1v) is 6.84. The van der Waals surface area contributed by atoms with Crippen molar-refractivity contribution < 1.29 is 14.3 Å². The predicted molar refractivity (Wildman–Crippen MR) is 75.5 cm³/mol. The van der Waals surface area contributed by atoms with Gasteiger partial charge in [0.05, 0.1) is 26.0 Å². The van der Waals surface area contributed by atoms with E-state index in [1.165, 1.54) is 5.56 Å². The van der Waals surface area contributed by atoms with Crippen molar-refractivity contribution in [2.24, 2.45) is 0 Å². The van der Waals surface area contributed by atoms with Crippen LogP contribution >= 0.6 is 0 Å². The summed E-state index contributed by atoms with van der Waals surface area (Å²) < 4.78 is 10.7. The predicted octanol–water partition coefficient (Wildman–Crippen LogP) is 2.60. The van der Waals surface area contributed by atoms with Crippen LogP contribution in [0.25, 0.3) is 0 Å². The number of aliphatic hydroxyl groups is 1. The van der Waals surface area contributed by atoms with Gasteiger partial charge in [-0.1, -0.05) is 12.1 Å². The molecule has 1 N–H and O–H groups in total. The van der Waals surface area contributed by atoms with Crippen molar-refractivity contribution in [3.63, 3.8) is 0 Å². The Balaban J connectivity index is 1.81. The second kappa shape index (κ2) is 5.69. The van der Waals surface area contributed by atoms with Crippen molar-refractivity contribution in [2.75, 3.05) is 13.7 Å². The number of furan rings is 1. The zero-order valence-corrected chi connectivity index (χ0v) is 11.5. The van der Waals surface area contributed by atoms with E-state index >= 15 is 0 Å². The number of aliphatic hydroxyl groups excluding tert-OH is 1. The van der Waals surface area contributed by atoms with E-state index in [-0.39, 0.29) is 12.1 Å². The molecule has 0 spiro atoms. The van der Waals surface area contributed by atoms with Crippen molar-refractivity contribution in [1.29, 1.82) is 0 Å². The average molecular weight is 273 g/mol. The van der Waals surface area contributed by atoms with Crippen LogP contribution in [0.4, 0.5) is 0 Å². The molecule has 2 heterocycles. The van der Waals surface area contributed by atoms with Gasteiger partial charge < -0.3 is 14.3 Å². The summed E-state index contributed by atoms with van der Waals surface area (Å²) in [6.45, 7) is 1.38. The summed E-state index contributed by atoms with van der Waals surface area (Å²) in [6, 6.07) is 12.1. The molecule has 0 amide bonds. The molecule has 4 heteroatoms.